The van der Waals surface area contributed by atoms with E-state index in [0.717, 1.165) is 20.3 Å². The molecule has 0 aliphatic rings. The van der Waals surface area contributed by atoms with Gasteiger partial charge in [-0.25, -0.2) is 4.98 Å². The van der Waals surface area contributed by atoms with E-state index in [1.807, 2.05) is 0 Å². The molecule has 0 aliphatic heterocycles. The summed E-state index contributed by atoms with van der Waals surface area (Å²) >= 11 is 11.7. The van der Waals surface area contributed by atoms with Crippen LogP contribution in [0, 0.1) is 10.1 Å². The van der Waals surface area contributed by atoms with Gasteiger partial charge in [0.05, 0.1) is 9.95 Å². The molecule has 24 heavy (non-hydrogen) atoms. The minimum Gasteiger partial charge on any atom is -0.438 e. The smallest absolute Gasteiger partial charge is 0.367 e. The van der Waals surface area contributed by atoms with Crippen molar-refractivity contribution in [2.45, 2.75) is 0 Å². The highest BCUT2D eigenvalue weighted by Crippen LogP contribution is 2.48. The first-order chi connectivity index (χ1) is 11.3. The van der Waals surface area contributed by atoms with Gasteiger partial charge in [-0.1, -0.05) is 23.2 Å². The molecule has 0 radical (unpaired) electrons. The van der Waals surface area contributed by atoms with E-state index < -0.39 is 18.2 Å². The lowest BCUT2D eigenvalue weighted by Crippen LogP contribution is -2.13. The van der Waals surface area contributed by atoms with E-state index in [0.29, 0.717) is 5.02 Å². The summed E-state index contributed by atoms with van der Waals surface area (Å²) in [5.74, 6) is 0.146. The number of nitro benzene ring substituents is 1. The average Bonchev–Trinajstić information content (AvgIpc) is 2.56. The van der Waals surface area contributed by atoms with Crippen molar-refractivity contribution in [1.29, 1.82) is 0 Å². The molecule has 2 aromatic rings. The summed E-state index contributed by atoms with van der Waals surface area (Å²) < 4.78 is 27.6. The van der Waals surface area contributed by atoms with Gasteiger partial charge in [-0.05, 0) is 12.1 Å². The quantitative estimate of drug-likeness (QED) is 0.412. The molecule has 0 unspecified atom stereocenters. The van der Waals surface area contributed by atoms with Crippen molar-refractivity contribution in [2.24, 2.45) is 0 Å². The molecule has 0 aliphatic carbocycles. The molecule has 11 heteroatoms. The highest BCUT2D eigenvalue weighted by Gasteiger charge is 2.34. The Kier molecular flexibility index (Phi) is 5.79. The van der Waals surface area contributed by atoms with Gasteiger partial charge < -0.3 is 13.8 Å². The average molecular weight is 393 g/mol. The molecule has 0 N–H and O–H groups in total. The minimum absolute atomic E-state index is 0.0329. The van der Waals surface area contributed by atoms with Gasteiger partial charge in [-0.3, -0.25) is 14.7 Å². The van der Waals surface area contributed by atoms with E-state index in [9.17, 15) is 14.7 Å². The van der Waals surface area contributed by atoms with Crippen LogP contribution in [0.2, 0.25) is 10.0 Å². The number of rotatable bonds is 6. The second kappa shape index (κ2) is 7.46. The molecular weight excluding hydrogens is 382 g/mol. The molecule has 0 amide bonds. The molecule has 0 fully saturated rings. The number of aromatic nitrogens is 1. The summed E-state index contributed by atoms with van der Waals surface area (Å²) in [6.45, 7) is 0. The number of nitrogens with zero attached hydrogens (tertiary/aromatic N) is 2. The Morgan fingerprint density at radius 2 is 1.88 bits per heavy atom. The molecule has 1 aromatic heterocycles. The molecule has 1 heterocycles. The molecule has 0 saturated heterocycles. The van der Waals surface area contributed by atoms with Gasteiger partial charge in [-0.2, -0.15) is 0 Å². The maximum atomic E-state index is 12.5. The van der Waals surface area contributed by atoms with Crippen molar-refractivity contribution in [3.05, 3.63) is 50.6 Å². The molecular formula is C13H11Cl2N2O6P. The summed E-state index contributed by atoms with van der Waals surface area (Å²) in [5.41, 5.74) is -0.426. The lowest BCUT2D eigenvalue weighted by atomic mass is 10.3. The van der Waals surface area contributed by atoms with Crippen LogP contribution in [0.25, 0.3) is 0 Å². The molecule has 0 bridgehead atoms. The highest BCUT2D eigenvalue weighted by atomic mass is 35.5. The van der Waals surface area contributed by atoms with Gasteiger partial charge in [0, 0.05) is 32.5 Å². The topological polar surface area (TPSA) is 101 Å². The molecule has 0 spiro atoms. The molecule has 1 aromatic carbocycles. The highest BCUT2D eigenvalue weighted by molar-refractivity contribution is 7.62. The third kappa shape index (κ3) is 3.85. The normalized spacial score (nSPS) is 11.3. The number of hydrogen-bond acceptors (Lipinski definition) is 7. The van der Waals surface area contributed by atoms with E-state index in [-0.39, 0.29) is 22.0 Å². The van der Waals surface area contributed by atoms with Crippen LogP contribution in [0.1, 0.15) is 0 Å². The third-order valence-corrected chi connectivity index (χ3v) is 5.30. The van der Waals surface area contributed by atoms with Gasteiger partial charge in [0.1, 0.15) is 16.1 Å². The molecule has 128 valence electrons. The van der Waals surface area contributed by atoms with E-state index in [1.165, 1.54) is 24.4 Å². The lowest BCUT2D eigenvalue weighted by molar-refractivity contribution is -0.383. The van der Waals surface area contributed by atoms with Crippen LogP contribution in [0.5, 0.6) is 11.6 Å². The zero-order chi connectivity index (χ0) is 17.9. The number of hydrogen-bond donors (Lipinski definition) is 0. The van der Waals surface area contributed by atoms with Crippen LogP contribution < -0.4 is 10.0 Å². The van der Waals surface area contributed by atoms with Crippen LogP contribution in [0.3, 0.4) is 0 Å². The Hall–Kier alpha value is -1.70. The first kappa shape index (κ1) is 18.6. The van der Waals surface area contributed by atoms with E-state index in [2.05, 4.69) is 4.98 Å². The zero-order valence-electron chi connectivity index (χ0n) is 12.4. The van der Waals surface area contributed by atoms with Crippen molar-refractivity contribution in [3.8, 4) is 11.6 Å². The summed E-state index contributed by atoms with van der Waals surface area (Å²) in [5, 5.41) is 11.4. The Morgan fingerprint density at radius 3 is 2.42 bits per heavy atom. The predicted octanol–water partition coefficient (Wildman–Crippen LogP) is 4.20. The summed E-state index contributed by atoms with van der Waals surface area (Å²) in [6.07, 6.45) is 1.32. The van der Waals surface area contributed by atoms with Crippen LogP contribution in [-0.4, -0.2) is 24.1 Å². The number of ether oxygens (including phenoxy) is 1. The Balaban J connectivity index is 2.50. The SMILES string of the molecule is COP(=O)(OC)c1cc(Oc2ncc(Cl)cc2Cl)ccc1[N+](=O)[O-]. The monoisotopic (exact) mass is 392 g/mol. The van der Waals surface area contributed by atoms with Crippen LogP contribution in [0.15, 0.2) is 30.5 Å². The van der Waals surface area contributed by atoms with Gasteiger partial charge in [-0.15, -0.1) is 0 Å². The second-order valence-electron chi connectivity index (χ2n) is 4.31. The summed E-state index contributed by atoms with van der Waals surface area (Å²) in [7, 11) is -1.62. The second-order valence-corrected chi connectivity index (χ2v) is 7.36. The minimum atomic E-state index is -3.87. The van der Waals surface area contributed by atoms with E-state index in [1.54, 1.807) is 0 Å². The largest absolute Gasteiger partial charge is 0.438 e. The fourth-order valence-electron chi connectivity index (χ4n) is 1.80. The number of halogens is 2. The van der Waals surface area contributed by atoms with Crippen LogP contribution in [0.4, 0.5) is 5.69 Å². The Labute approximate surface area is 147 Å². The molecule has 2 rings (SSSR count). The summed E-state index contributed by atoms with van der Waals surface area (Å²) in [6, 6.07) is 5.04. The molecule has 8 nitrogen and oxygen atoms in total. The van der Waals surface area contributed by atoms with Crippen LogP contribution in [-0.2, 0) is 13.6 Å². The maximum Gasteiger partial charge on any atom is 0.367 e. The fraction of sp³-hybridized carbons (Fsp3) is 0.154. The summed E-state index contributed by atoms with van der Waals surface area (Å²) in [4.78, 5) is 14.4. The Bertz CT molecular complexity index is 824. The van der Waals surface area contributed by atoms with Crippen molar-refractivity contribution in [3.63, 3.8) is 0 Å². The zero-order valence-corrected chi connectivity index (χ0v) is 14.8. The van der Waals surface area contributed by atoms with Crippen molar-refractivity contribution < 1.29 is 23.3 Å². The predicted molar refractivity (Wildman–Crippen MR) is 88.7 cm³/mol. The lowest BCUT2D eigenvalue weighted by Gasteiger charge is -2.15. The first-order valence-corrected chi connectivity index (χ1v) is 8.60. The third-order valence-electron chi connectivity index (χ3n) is 2.91. The number of pyridine rings is 1. The van der Waals surface area contributed by atoms with Gasteiger partial charge in [0.15, 0.2) is 0 Å². The number of nitro groups is 1. The van der Waals surface area contributed by atoms with Gasteiger partial charge in [0.2, 0.25) is 5.88 Å². The fourth-order valence-corrected chi connectivity index (χ4v) is 3.48. The molecule has 0 atom stereocenters. The van der Waals surface area contributed by atoms with Crippen molar-refractivity contribution in [2.75, 3.05) is 14.2 Å². The standard InChI is InChI=1S/C13H11Cl2N2O6P/c1-21-24(20,22-2)12-6-9(3-4-11(12)17(18)19)23-13-10(15)5-8(14)7-16-13/h3-7H,1-2H3. The van der Waals surface area contributed by atoms with Gasteiger partial charge >= 0.3 is 7.60 Å². The van der Waals surface area contributed by atoms with Crippen LogP contribution >= 0.6 is 30.8 Å². The van der Waals surface area contributed by atoms with Gasteiger partial charge in [0.25, 0.3) is 5.69 Å². The number of benzene rings is 1. The first-order valence-electron chi connectivity index (χ1n) is 6.30. The maximum absolute atomic E-state index is 12.5. The molecule has 0 saturated carbocycles. The van der Waals surface area contributed by atoms with E-state index in [4.69, 9.17) is 37.0 Å². The van der Waals surface area contributed by atoms with Crippen molar-refractivity contribution >= 4 is 41.8 Å². The van der Waals surface area contributed by atoms with E-state index >= 15 is 0 Å². The van der Waals surface area contributed by atoms with Crippen molar-refractivity contribution in [1.82, 2.24) is 4.98 Å². The Morgan fingerprint density at radius 1 is 1.21 bits per heavy atom.